The Balaban J connectivity index is 1.80. The lowest BCUT2D eigenvalue weighted by Gasteiger charge is -2.29. The number of aryl methyl sites for hydroxylation is 3. The van der Waals surface area contributed by atoms with E-state index in [2.05, 4.69) is 0 Å². The standard InChI is InChI=1S/C29H29NO4/c1-17-14-23(31)16-25(15-17)34-24-10-8-22(9-11-24)30(26-12-6-18(2)28(32)20(26)4)27-13-7-19(3)29(33)21(27)5/h6-16,31-33H,1-5H3. The van der Waals surface area contributed by atoms with Crippen molar-refractivity contribution in [3.05, 3.63) is 94.5 Å². The fourth-order valence-corrected chi connectivity index (χ4v) is 4.13. The summed E-state index contributed by atoms with van der Waals surface area (Å²) in [6.45, 7) is 9.40. The number of phenolic OH excluding ortho intramolecular Hbond substituents is 3. The monoisotopic (exact) mass is 455 g/mol. The van der Waals surface area contributed by atoms with Crippen molar-refractivity contribution in [3.8, 4) is 28.7 Å². The minimum absolute atomic E-state index is 0.155. The zero-order valence-corrected chi connectivity index (χ0v) is 20.0. The largest absolute Gasteiger partial charge is 0.508 e. The molecule has 0 heterocycles. The number of aromatic hydroxyl groups is 3. The number of anilines is 3. The third-order valence-electron chi connectivity index (χ3n) is 6.06. The second kappa shape index (κ2) is 9.02. The van der Waals surface area contributed by atoms with Gasteiger partial charge in [-0.25, -0.2) is 0 Å². The number of ether oxygens (including phenoxy) is 1. The molecule has 0 saturated heterocycles. The molecule has 0 atom stereocenters. The second-order valence-corrected chi connectivity index (χ2v) is 8.69. The predicted octanol–water partition coefficient (Wildman–Crippen LogP) is 7.61. The van der Waals surface area contributed by atoms with Crippen molar-refractivity contribution in [1.29, 1.82) is 0 Å². The van der Waals surface area contributed by atoms with Gasteiger partial charge in [-0.3, -0.25) is 0 Å². The normalized spacial score (nSPS) is 10.9. The summed E-state index contributed by atoms with van der Waals surface area (Å²) in [7, 11) is 0. The Kier molecular flexibility index (Phi) is 6.12. The minimum Gasteiger partial charge on any atom is -0.508 e. The molecule has 0 fully saturated rings. The maximum atomic E-state index is 10.6. The SMILES string of the molecule is Cc1cc(O)cc(Oc2ccc(N(c3ccc(C)c(O)c3C)c3ccc(C)c(O)c3C)cc2)c1. The molecule has 4 aromatic rings. The van der Waals surface area contributed by atoms with Crippen molar-refractivity contribution < 1.29 is 20.1 Å². The fourth-order valence-electron chi connectivity index (χ4n) is 4.13. The van der Waals surface area contributed by atoms with Gasteiger partial charge in [-0.15, -0.1) is 0 Å². The van der Waals surface area contributed by atoms with Gasteiger partial charge in [-0.05, 0) is 99.8 Å². The Morgan fingerprint density at radius 2 is 1.12 bits per heavy atom. The molecule has 0 spiro atoms. The number of rotatable bonds is 5. The first kappa shape index (κ1) is 23.1. The average Bonchev–Trinajstić information content (AvgIpc) is 2.79. The molecule has 34 heavy (non-hydrogen) atoms. The Morgan fingerprint density at radius 3 is 1.62 bits per heavy atom. The predicted molar refractivity (Wildman–Crippen MR) is 136 cm³/mol. The molecule has 0 bridgehead atoms. The number of hydrogen-bond acceptors (Lipinski definition) is 5. The molecule has 0 aromatic heterocycles. The van der Waals surface area contributed by atoms with Crippen LogP contribution in [0.5, 0.6) is 28.7 Å². The lowest BCUT2D eigenvalue weighted by atomic mass is 10.0. The maximum absolute atomic E-state index is 10.6. The highest BCUT2D eigenvalue weighted by atomic mass is 16.5. The molecular formula is C29H29NO4. The van der Waals surface area contributed by atoms with Crippen LogP contribution in [0.25, 0.3) is 0 Å². The molecule has 5 heteroatoms. The molecule has 4 rings (SSSR count). The van der Waals surface area contributed by atoms with E-state index >= 15 is 0 Å². The van der Waals surface area contributed by atoms with Gasteiger partial charge in [-0.2, -0.15) is 0 Å². The molecule has 0 aliphatic carbocycles. The highest BCUT2D eigenvalue weighted by Crippen LogP contribution is 2.44. The van der Waals surface area contributed by atoms with Crippen LogP contribution in [0.3, 0.4) is 0 Å². The van der Waals surface area contributed by atoms with Crippen LogP contribution in [0.2, 0.25) is 0 Å². The molecule has 3 N–H and O–H groups in total. The van der Waals surface area contributed by atoms with E-state index in [4.69, 9.17) is 4.74 Å². The number of nitrogens with zero attached hydrogens (tertiary/aromatic N) is 1. The lowest BCUT2D eigenvalue weighted by molar-refractivity contribution is 0.454. The van der Waals surface area contributed by atoms with E-state index in [1.165, 1.54) is 0 Å². The van der Waals surface area contributed by atoms with E-state index in [9.17, 15) is 15.3 Å². The van der Waals surface area contributed by atoms with Gasteiger partial charge in [0.1, 0.15) is 28.7 Å². The van der Waals surface area contributed by atoms with Crippen molar-refractivity contribution >= 4 is 17.1 Å². The summed E-state index contributed by atoms with van der Waals surface area (Å²) in [6.07, 6.45) is 0. The zero-order chi connectivity index (χ0) is 24.6. The van der Waals surface area contributed by atoms with Crippen molar-refractivity contribution in [2.24, 2.45) is 0 Å². The molecule has 4 aromatic carbocycles. The highest BCUT2D eigenvalue weighted by Gasteiger charge is 2.20. The summed E-state index contributed by atoms with van der Waals surface area (Å²) < 4.78 is 5.94. The maximum Gasteiger partial charge on any atom is 0.131 e. The van der Waals surface area contributed by atoms with Crippen LogP contribution in [-0.2, 0) is 0 Å². The zero-order valence-electron chi connectivity index (χ0n) is 20.0. The number of phenols is 3. The van der Waals surface area contributed by atoms with Crippen LogP contribution in [0.4, 0.5) is 17.1 Å². The number of hydrogen-bond donors (Lipinski definition) is 3. The van der Waals surface area contributed by atoms with Gasteiger partial charge in [0.2, 0.25) is 0 Å². The van der Waals surface area contributed by atoms with E-state index in [0.29, 0.717) is 11.5 Å². The molecule has 5 nitrogen and oxygen atoms in total. The summed E-state index contributed by atoms with van der Waals surface area (Å²) in [5.41, 5.74) is 6.47. The van der Waals surface area contributed by atoms with Crippen molar-refractivity contribution in [2.75, 3.05) is 4.90 Å². The third kappa shape index (κ3) is 4.37. The van der Waals surface area contributed by atoms with Crippen LogP contribution < -0.4 is 9.64 Å². The van der Waals surface area contributed by atoms with Gasteiger partial charge in [0.15, 0.2) is 0 Å². The van der Waals surface area contributed by atoms with Gasteiger partial charge in [-0.1, -0.05) is 12.1 Å². The minimum atomic E-state index is 0.155. The molecule has 0 aliphatic rings. The van der Waals surface area contributed by atoms with E-state index in [1.54, 1.807) is 12.1 Å². The first-order valence-electron chi connectivity index (χ1n) is 11.1. The van der Waals surface area contributed by atoms with Crippen LogP contribution >= 0.6 is 0 Å². The van der Waals surface area contributed by atoms with Crippen LogP contribution in [0.15, 0.2) is 66.7 Å². The van der Waals surface area contributed by atoms with Gasteiger partial charge in [0, 0.05) is 22.9 Å². The molecule has 0 unspecified atom stereocenters. The molecule has 0 amide bonds. The van der Waals surface area contributed by atoms with Crippen molar-refractivity contribution in [2.45, 2.75) is 34.6 Å². The smallest absolute Gasteiger partial charge is 0.131 e. The van der Waals surface area contributed by atoms with Crippen molar-refractivity contribution in [3.63, 3.8) is 0 Å². The number of benzene rings is 4. The molecule has 0 radical (unpaired) electrons. The molecule has 0 saturated carbocycles. The van der Waals surface area contributed by atoms with Gasteiger partial charge >= 0.3 is 0 Å². The van der Waals surface area contributed by atoms with Gasteiger partial charge in [0.05, 0.1) is 11.4 Å². The van der Waals surface area contributed by atoms with E-state index < -0.39 is 0 Å². The summed E-state index contributed by atoms with van der Waals surface area (Å²) in [5.74, 6) is 1.83. The molecule has 0 aliphatic heterocycles. The first-order valence-corrected chi connectivity index (χ1v) is 11.1. The van der Waals surface area contributed by atoms with Gasteiger partial charge < -0.3 is 25.0 Å². The summed E-state index contributed by atoms with van der Waals surface area (Å²) in [5, 5.41) is 31.1. The summed E-state index contributed by atoms with van der Waals surface area (Å²) >= 11 is 0. The second-order valence-electron chi connectivity index (χ2n) is 8.69. The Hall–Kier alpha value is -4.12. The fraction of sp³-hybridized carbons (Fsp3) is 0.172. The molecule has 174 valence electrons. The Bertz CT molecular complexity index is 1280. The van der Waals surface area contributed by atoms with Crippen LogP contribution in [0.1, 0.15) is 27.8 Å². The highest BCUT2D eigenvalue weighted by molar-refractivity contribution is 5.82. The summed E-state index contributed by atoms with van der Waals surface area (Å²) in [4.78, 5) is 2.02. The third-order valence-corrected chi connectivity index (χ3v) is 6.06. The van der Waals surface area contributed by atoms with E-state index in [1.807, 2.05) is 94.1 Å². The summed E-state index contributed by atoms with van der Waals surface area (Å²) in [6, 6.07) is 20.4. The topological polar surface area (TPSA) is 73.2 Å². The van der Waals surface area contributed by atoms with Crippen LogP contribution in [0, 0.1) is 34.6 Å². The Labute approximate surface area is 200 Å². The van der Waals surface area contributed by atoms with E-state index in [0.717, 1.165) is 44.9 Å². The quantitative estimate of drug-likeness (QED) is 0.289. The van der Waals surface area contributed by atoms with Crippen molar-refractivity contribution in [1.82, 2.24) is 0 Å². The van der Waals surface area contributed by atoms with E-state index in [-0.39, 0.29) is 17.2 Å². The lowest BCUT2D eigenvalue weighted by Crippen LogP contribution is -2.13. The average molecular weight is 456 g/mol. The molecular weight excluding hydrogens is 426 g/mol. The van der Waals surface area contributed by atoms with Gasteiger partial charge in [0.25, 0.3) is 0 Å². The first-order chi connectivity index (χ1) is 16.2. The van der Waals surface area contributed by atoms with Crippen LogP contribution in [-0.4, -0.2) is 15.3 Å². The Morgan fingerprint density at radius 1 is 0.588 bits per heavy atom.